The van der Waals surface area contributed by atoms with Crippen LogP contribution < -0.4 is 10.4 Å². The van der Waals surface area contributed by atoms with E-state index >= 15 is 0 Å². The Morgan fingerprint density at radius 2 is 1.71 bits per heavy atom. The molecule has 0 saturated carbocycles. The molecule has 3 aromatic rings. The van der Waals surface area contributed by atoms with E-state index in [0.717, 1.165) is 5.56 Å². The molecule has 0 unspecified atom stereocenters. The van der Waals surface area contributed by atoms with Gasteiger partial charge >= 0.3 is 17.8 Å². The molecule has 2 aromatic carbocycles. The van der Waals surface area contributed by atoms with Crippen molar-refractivity contribution in [2.45, 2.75) is 38.9 Å². The molecule has 166 valence electrons. The zero-order valence-electron chi connectivity index (χ0n) is 17.5. The molecule has 0 aliphatic heterocycles. The second-order valence-corrected chi connectivity index (χ2v) is 8.28. The van der Waals surface area contributed by atoms with Crippen molar-refractivity contribution >= 4 is 16.9 Å². The van der Waals surface area contributed by atoms with Gasteiger partial charge in [0.1, 0.15) is 17.9 Å². The number of imidazole rings is 1. The predicted molar refractivity (Wildman–Crippen MR) is 111 cm³/mol. The molecule has 0 fully saturated rings. The standard InChI is InChI=1S/C22H24F3N3O3/c1-21(2,3)15-9-7-14(8-10-15)13-28(19(29)22(23,24)25)11-12-31-17-6-4-5-16-18(17)27-20(30)26-16/h4-10H,11-13H2,1-3H3,(H2,26,27,30). The van der Waals surface area contributed by atoms with E-state index in [-0.39, 0.29) is 25.1 Å². The minimum Gasteiger partial charge on any atom is -0.489 e. The van der Waals surface area contributed by atoms with Gasteiger partial charge in [-0.2, -0.15) is 13.2 Å². The van der Waals surface area contributed by atoms with E-state index < -0.39 is 17.8 Å². The smallest absolute Gasteiger partial charge is 0.471 e. The van der Waals surface area contributed by atoms with E-state index in [1.165, 1.54) is 0 Å². The minimum absolute atomic E-state index is 0.0892. The molecule has 1 amide bonds. The van der Waals surface area contributed by atoms with E-state index in [0.29, 0.717) is 27.2 Å². The molecular formula is C22H24F3N3O3. The number of alkyl halides is 3. The second-order valence-electron chi connectivity index (χ2n) is 8.28. The molecule has 0 bridgehead atoms. The fraction of sp³-hybridized carbons (Fsp3) is 0.364. The summed E-state index contributed by atoms with van der Waals surface area (Å²) in [4.78, 5) is 29.3. The first kappa shape index (κ1) is 22.5. The number of carbonyl (C=O) groups excluding carboxylic acids is 1. The van der Waals surface area contributed by atoms with Crippen LogP contribution in [0.2, 0.25) is 0 Å². The van der Waals surface area contributed by atoms with Gasteiger partial charge in [-0.1, -0.05) is 51.1 Å². The van der Waals surface area contributed by atoms with Crippen molar-refractivity contribution in [3.05, 3.63) is 64.1 Å². The van der Waals surface area contributed by atoms with Gasteiger partial charge in [-0.25, -0.2) is 4.79 Å². The lowest BCUT2D eigenvalue weighted by Crippen LogP contribution is -2.42. The normalized spacial score (nSPS) is 12.2. The second kappa shape index (κ2) is 8.49. The number of rotatable bonds is 6. The average Bonchev–Trinajstić information content (AvgIpc) is 3.06. The van der Waals surface area contributed by atoms with Crippen LogP contribution in [-0.4, -0.2) is 40.1 Å². The third-order valence-electron chi connectivity index (χ3n) is 4.85. The molecule has 0 spiro atoms. The Bertz CT molecular complexity index is 1110. The van der Waals surface area contributed by atoms with Crippen LogP contribution in [0.15, 0.2) is 47.3 Å². The van der Waals surface area contributed by atoms with Crippen LogP contribution in [0, 0.1) is 0 Å². The summed E-state index contributed by atoms with van der Waals surface area (Å²) in [5, 5.41) is 0. The van der Waals surface area contributed by atoms with Crippen LogP contribution >= 0.6 is 0 Å². The van der Waals surface area contributed by atoms with Crippen molar-refractivity contribution in [1.29, 1.82) is 0 Å². The number of nitrogens with zero attached hydrogens (tertiary/aromatic N) is 1. The lowest BCUT2D eigenvalue weighted by atomic mass is 9.87. The van der Waals surface area contributed by atoms with Crippen molar-refractivity contribution in [2.75, 3.05) is 13.2 Å². The zero-order chi connectivity index (χ0) is 22.8. The Morgan fingerprint density at radius 1 is 1.03 bits per heavy atom. The zero-order valence-corrected chi connectivity index (χ0v) is 17.5. The number of carbonyl (C=O) groups is 1. The number of fused-ring (bicyclic) bond motifs is 1. The van der Waals surface area contributed by atoms with Crippen LogP contribution in [0.3, 0.4) is 0 Å². The Labute approximate surface area is 177 Å². The van der Waals surface area contributed by atoms with Crippen molar-refractivity contribution in [3.63, 3.8) is 0 Å². The lowest BCUT2D eigenvalue weighted by Gasteiger charge is -2.25. The maximum atomic E-state index is 13.1. The maximum absolute atomic E-state index is 13.1. The van der Waals surface area contributed by atoms with E-state index in [2.05, 4.69) is 9.97 Å². The first-order valence-electron chi connectivity index (χ1n) is 9.74. The molecule has 0 atom stereocenters. The number of halogens is 3. The molecular weight excluding hydrogens is 411 g/mol. The largest absolute Gasteiger partial charge is 0.489 e. The summed E-state index contributed by atoms with van der Waals surface area (Å²) in [6.45, 7) is 5.47. The number of hydrogen-bond donors (Lipinski definition) is 2. The molecule has 1 heterocycles. The molecule has 0 saturated heterocycles. The summed E-state index contributed by atoms with van der Waals surface area (Å²) >= 11 is 0. The number of para-hydroxylation sites is 1. The van der Waals surface area contributed by atoms with Crippen LogP contribution in [-0.2, 0) is 16.8 Å². The fourth-order valence-electron chi connectivity index (χ4n) is 3.18. The van der Waals surface area contributed by atoms with Gasteiger partial charge in [0.05, 0.1) is 12.1 Å². The van der Waals surface area contributed by atoms with Gasteiger partial charge in [0.15, 0.2) is 0 Å². The summed E-state index contributed by atoms with van der Waals surface area (Å²) in [6.07, 6.45) is -4.99. The van der Waals surface area contributed by atoms with Gasteiger partial charge in [-0.05, 0) is 28.7 Å². The monoisotopic (exact) mass is 435 g/mol. The van der Waals surface area contributed by atoms with Crippen molar-refractivity contribution in [3.8, 4) is 5.75 Å². The van der Waals surface area contributed by atoms with Crippen molar-refractivity contribution in [2.24, 2.45) is 0 Å². The summed E-state index contributed by atoms with van der Waals surface area (Å²) in [5.41, 5.74) is 2.06. The van der Waals surface area contributed by atoms with E-state index in [4.69, 9.17) is 4.74 Å². The van der Waals surface area contributed by atoms with Crippen molar-refractivity contribution in [1.82, 2.24) is 14.9 Å². The van der Waals surface area contributed by atoms with Gasteiger partial charge in [0, 0.05) is 6.54 Å². The molecule has 1 aromatic heterocycles. The SMILES string of the molecule is CC(C)(C)c1ccc(CN(CCOc2cccc3[nH]c(=O)[nH]c23)C(=O)C(F)(F)F)cc1. The van der Waals surface area contributed by atoms with Crippen molar-refractivity contribution < 1.29 is 22.7 Å². The topological polar surface area (TPSA) is 78.2 Å². The van der Waals surface area contributed by atoms with Gasteiger partial charge in [0.25, 0.3) is 0 Å². The first-order valence-corrected chi connectivity index (χ1v) is 9.74. The maximum Gasteiger partial charge on any atom is 0.471 e. The third-order valence-corrected chi connectivity index (χ3v) is 4.85. The number of nitrogens with one attached hydrogen (secondary N) is 2. The Morgan fingerprint density at radius 3 is 2.32 bits per heavy atom. The molecule has 9 heteroatoms. The predicted octanol–water partition coefficient (Wildman–Crippen LogP) is 4.12. The minimum atomic E-state index is -4.99. The van der Waals surface area contributed by atoms with E-state index in [1.54, 1.807) is 30.3 Å². The van der Waals surface area contributed by atoms with Gasteiger partial charge in [-0.15, -0.1) is 0 Å². The Balaban J connectivity index is 1.73. The summed E-state index contributed by atoms with van der Waals surface area (Å²) < 4.78 is 44.9. The average molecular weight is 435 g/mol. The number of aromatic amines is 2. The molecule has 0 radical (unpaired) electrons. The fourth-order valence-corrected chi connectivity index (χ4v) is 3.18. The number of amides is 1. The number of ether oxygens (including phenoxy) is 1. The highest BCUT2D eigenvalue weighted by Crippen LogP contribution is 2.25. The van der Waals surface area contributed by atoms with E-state index in [1.807, 2.05) is 32.9 Å². The summed E-state index contributed by atoms with van der Waals surface area (Å²) in [6, 6.07) is 12.1. The van der Waals surface area contributed by atoms with Crippen LogP contribution in [0.1, 0.15) is 31.9 Å². The first-order chi connectivity index (χ1) is 14.4. The highest BCUT2D eigenvalue weighted by molar-refractivity contribution is 5.82. The highest BCUT2D eigenvalue weighted by atomic mass is 19.4. The van der Waals surface area contributed by atoms with Crippen LogP contribution in [0.25, 0.3) is 11.0 Å². The summed E-state index contributed by atoms with van der Waals surface area (Å²) in [7, 11) is 0. The molecule has 0 aliphatic rings. The Kier molecular flexibility index (Phi) is 6.15. The number of aromatic nitrogens is 2. The van der Waals surface area contributed by atoms with Crippen LogP contribution in [0.4, 0.5) is 13.2 Å². The molecule has 2 N–H and O–H groups in total. The van der Waals surface area contributed by atoms with E-state index in [9.17, 15) is 22.8 Å². The number of hydrogen-bond acceptors (Lipinski definition) is 3. The number of H-pyrrole nitrogens is 2. The molecule has 31 heavy (non-hydrogen) atoms. The Hall–Kier alpha value is -3.23. The summed E-state index contributed by atoms with van der Waals surface area (Å²) in [5.74, 6) is -1.62. The van der Waals surface area contributed by atoms with Gasteiger partial charge in [-0.3, -0.25) is 4.79 Å². The quantitative estimate of drug-likeness (QED) is 0.611. The van der Waals surface area contributed by atoms with Gasteiger partial charge < -0.3 is 19.6 Å². The molecule has 0 aliphatic carbocycles. The molecule has 6 nitrogen and oxygen atoms in total. The third kappa shape index (κ3) is 5.48. The van der Waals surface area contributed by atoms with Gasteiger partial charge in [0.2, 0.25) is 0 Å². The number of benzene rings is 2. The lowest BCUT2D eigenvalue weighted by molar-refractivity contribution is -0.186. The molecule has 3 rings (SSSR count). The van der Waals surface area contributed by atoms with Crippen LogP contribution in [0.5, 0.6) is 5.75 Å². The highest BCUT2D eigenvalue weighted by Gasteiger charge is 2.42.